The van der Waals surface area contributed by atoms with Crippen molar-refractivity contribution in [3.8, 4) is 5.75 Å². The van der Waals surface area contributed by atoms with Crippen LogP contribution in [-0.2, 0) is 9.47 Å². The SMILES string of the molecule is CCCCCCC/C=C/C(C)=C/CC/C=C/[C@H]1O[C@@H](c2ccc(OC)cc2)OC[C@H]1O. The minimum absolute atomic E-state index is 0.258. The van der Waals surface area contributed by atoms with E-state index in [2.05, 4.69) is 38.2 Å². The topological polar surface area (TPSA) is 47.9 Å². The molecule has 1 aromatic carbocycles. The lowest BCUT2D eigenvalue weighted by molar-refractivity contribution is -0.243. The standard InChI is InChI=1S/C27H40O4/c1-4-5-6-7-8-9-11-14-22(2)15-12-10-13-16-26-25(28)21-30-27(31-26)23-17-19-24(29-3)20-18-23/h11,13-20,25-28H,4-10,12,21H2,1-3H3/b14-11+,16-13+,22-15+/t25-,26-,27+/m1/s1. The van der Waals surface area contributed by atoms with Gasteiger partial charge in [-0.2, -0.15) is 0 Å². The molecule has 172 valence electrons. The molecule has 4 heteroatoms. The van der Waals surface area contributed by atoms with Gasteiger partial charge >= 0.3 is 0 Å². The first kappa shape index (κ1) is 25.4. The lowest BCUT2D eigenvalue weighted by Gasteiger charge is -2.32. The normalized spacial score (nSPS) is 22.5. The maximum Gasteiger partial charge on any atom is 0.184 e. The molecule has 1 heterocycles. The summed E-state index contributed by atoms with van der Waals surface area (Å²) in [6.45, 7) is 4.66. The molecule has 0 unspecified atom stereocenters. The maximum absolute atomic E-state index is 10.2. The molecule has 0 saturated carbocycles. The van der Waals surface area contributed by atoms with Gasteiger partial charge in [-0.05, 0) is 44.7 Å². The van der Waals surface area contributed by atoms with E-state index in [1.54, 1.807) is 7.11 Å². The summed E-state index contributed by atoms with van der Waals surface area (Å²) in [5.41, 5.74) is 2.23. The average molecular weight is 429 g/mol. The molecule has 2 rings (SSSR count). The van der Waals surface area contributed by atoms with Crippen molar-refractivity contribution in [2.24, 2.45) is 0 Å². The first-order valence-corrected chi connectivity index (χ1v) is 11.7. The fraction of sp³-hybridized carbons (Fsp3) is 0.556. The third-order valence-electron chi connectivity index (χ3n) is 5.45. The number of hydrogen-bond acceptors (Lipinski definition) is 4. The summed E-state index contributed by atoms with van der Waals surface area (Å²) in [6.07, 6.45) is 19.1. The zero-order chi connectivity index (χ0) is 22.3. The molecular formula is C27H40O4. The number of aliphatic hydroxyl groups excluding tert-OH is 1. The van der Waals surface area contributed by atoms with Gasteiger partial charge in [-0.25, -0.2) is 0 Å². The lowest BCUT2D eigenvalue weighted by atomic mass is 10.1. The van der Waals surface area contributed by atoms with E-state index in [4.69, 9.17) is 14.2 Å². The van der Waals surface area contributed by atoms with Gasteiger partial charge in [-0.3, -0.25) is 0 Å². The van der Waals surface area contributed by atoms with Crippen LogP contribution >= 0.6 is 0 Å². The van der Waals surface area contributed by atoms with Gasteiger partial charge in [0.2, 0.25) is 0 Å². The third kappa shape index (κ3) is 9.86. The number of ether oxygens (including phenoxy) is 3. The Hall–Kier alpha value is -1.88. The number of hydrogen-bond donors (Lipinski definition) is 1. The second-order valence-corrected chi connectivity index (χ2v) is 8.17. The number of allylic oxidation sites excluding steroid dienone is 5. The highest BCUT2D eigenvalue weighted by Crippen LogP contribution is 2.28. The minimum atomic E-state index is -0.650. The second-order valence-electron chi connectivity index (χ2n) is 8.17. The monoisotopic (exact) mass is 428 g/mol. The van der Waals surface area contributed by atoms with Crippen molar-refractivity contribution in [1.29, 1.82) is 0 Å². The number of unbranched alkanes of at least 4 members (excludes halogenated alkanes) is 6. The smallest absolute Gasteiger partial charge is 0.184 e. The second kappa shape index (κ2) is 15.0. The number of rotatable bonds is 13. The van der Waals surface area contributed by atoms with Gasteiger partial charge < -0.3 is 19.3 Å². The molecule has 0 aromatic heterocycles. The van der Waals surface area contributed by atoms with E-state index in [0.717, 1.165) is 24.2 Å². The molecule has 0 spiro atoms. The van der Waals surface area contributed by atoms with Crippen molar-refractivity contribution in [2.75, 3.05) is 13.7 Å². The molecule has 1 saturated heterocycles. The predicted octanol–water partition coefficient (Wildman–Crippen LogP) is 6.67. The van der Waals surface area contributed by atoms with Gasteiger partial charge in [-0.15, -0.1) is 0 Å². The van der Waals surface area contributed by atoms with Gasteiger partial charge in [0.25, 0.3) is 0 Å². The average Bonchev–Trinajstić information content (AvgIpc) is 2.79. The highest BCUT2D eigenvalue weighted by molar-refractivity contribution is 5.28. The fourth-order valence-electron chi connectivity index (χ4n) is 3.50. The summed E-state index contributed by atoms with van der Waals surface area (Å²) in [7, 11) is 1.64. The molecule has 1 aromatic rings. The van der Waals surface area contributed by atoms with E-state index in [1.807, 2.05) is 30.3 Å². The van der Waals surface area contributed by atoms with Gasteiger partial charge in [0.1, 0.15) is 18.0 Å². The van der Waals surface area contributed by atoms with Crippen LogP contribution in [0.5, 0.6) is 5.75 Å². The van der Waals surface area contributed by atoms with Gasteiger partial charge in [0.05, 0.1) is 13.7 Å². The van der Waals surface area contributed by atoms with Gasteiger partial charge in [0.15, 0.2) is 6.29 Å². The van der Waals surface area contributed by atoms with E-state index in [-0.39, 0.29) is 12.7 Å². The van der Waals surface area contributed by atoms with Crippen molar-refractivity contribution in [2.45, 2.75) is 83.7 Å². The molecule has 1 aliphatic rings. The number of aliphatic hydroxyl groups is 1. The molecule has 0 aliphatic carbocycles. The highest BCUT2D eigenvalue weighted by Gasteiger charge is 2.29. The summed E-state index contributed by atoms with van der Waals surface area (Å²) < 4.78 is 16.8. The summed E-state index contributed by atoms with van der Waals surface area (Å²) in [6, 6.07) is 7.61. The Morgan fingerprint density at radius 1 is 1.06 bits per heavy atom. The van der Waals surface area contributed by atoms with E-state index in [0.29, 0.717) is 0 Å². The quantitative estimate of drug-likeness (QED) is 0.216. The van der Waals surface area contributed by atoms with Gasteiger partial charge in [-0.1, -0.05) is 80.7 Å². The van der Waals surface area contributed by atoms with Crippen LogP contribution in [0.1, 0.15) is 77.1 Å². The van der Waals surface area contributed by atoms with E-state index in [9.17, 15) is 5.11 Å². The third-order valence-corrected chi connectivity index (χ3v) is 5.45. The van der Waals surface area contributed by atoms with Crippen LogP contribution in [-0.4, -0.2) is 31.0 Å². The van der Waals surface area contributed by atoms with Crippen molar-refractivity contribution < 1.29 is 19.3 Å². The highest BCUT2D eigenvalue weighted by atomic mass is 16.7. The molecule has 1 fully saturated rings. The molecule has 0 bridgehead atoms. The van der Waals surface area contributed by atoms with Crippen LogP contribution in [0.3, 0.4) is 0 Å². The summed E-state index contributed by atoms with van der Waals surface area (Å²) in [4.78, 5) is 0. The Labute approximate surface area is 188 Å². The van der Waals surface area contributed by atoms with Crippen LogP contribution in [0.4, 0.5) is 0 Å². The van der Waals surface area contributed by atoms with Crippen LogP contribution in [0.25, 0.3) is 0 Å². The Bertz CT molecular complexity index is 690. The van der Waals surface area contributed by atoms with Crippen molar-refractivity contribution in [1.82, 2.24) is 0 Å². The lowest BCUT2D eigenvalue weighted by Crippen LogP contribution is -2.39. The predicted molar refractivity (Wildman–Crippen MR) is 127 cm³/mol. The van der Waals surface area contributed by atoms with Crippen LogP contribution in [0.15, 0.2) is 60.2 Å². The van der Waals surface area contributed by atoms with Crippen molar-refractivity contribution in [3.05, 3.63) is 65.8 Å². The summed E-state index contributed by atoms with van der Waals surface area (Å²) >= 11 is 0. The summed E-state index contributed by atoms with van der Waals surface area (Å²) in [5.74, 6) is 0.793. The van der Waals surface area contributed by atoms with Crippen molar-refractivity contribution in [3.63, 3.8) is 0 Å². The molecule has 1 aliphatic heterocycles. The zero-order valence-electron chi connectivity index (χ0n) is 19.5. The Morgan fingerprint density at radius 2 is 1.84 bits per heavy atom. The minimum Gasteiger partial charge on any atom is -0.497 e. The Balaban J connectivity index is 1.70. The molecule has 3 atom stereocenters. The van der Waals surface area contributed by atoms with Crippen LogP contribution in [0.2, 0.25) is 0 Å². The molecule has 4 nitrogen and oxygen atoms in total. The van der Waals surface area contributed by atoms with Crippen LogP contribution in [0, 0.1) is 0 Å². The Morgan fingerprint density at radius 3 is 2.58 bits per heavy atom. The molecule has 31 heavy (non-hydrogen) atoms. The summed E-state index contributed by atoms with van der Waals surface area (Å²) in [5, 5.41) is 10.2. The van der Waals surface area contributed by atoms with E-state index >= 15 is 0 Å². The maximum atomic E-state index is 10.2. The molecule has 0 radical (unpaired) electrons. The van der Waals surface area contributed by atoms with E-state index in [1.165, 1.54) is 44.1 Å². The van der Waals surface area contributed by atoms with Crippen LogP contribution < -0.4 is 4.74 Å². The largest absolute Gasteiger partial charge is 0.497 e. The Kier molecular flexibility index (Phi) is 12.3. The van der Waals surface area contributed by atoms with Crippen molar-refractivity contribution >= 4 is 0 Å². The first-order valence-electron chi connectivity index (χ1n) is 11.7. The van der Waals surface area contributed by atoms with E-state index < -0.39 is 12.4 Å². The molecule has 1 N–H and O–H groups in total. The molecule has 0 amide bonds. The molecular weight excluding hydrogens is 388 g/mol. The fourth-order valence-corrected chi connectivity index (χ4v) is 3.50. The first-order chi connectivity index (χ1) is 15.1. The number of benzene rings is 1. The number of methoxy groups -OCH3 is 1. The zero-order valence-corrected chi connectivity index (χ0v) is 19.5. The van der Waals surface area contributed by atoms with Gasteiger partial charge in [0, 0.05) is 5.56 Å².